The topological polar surface area (TPSA) is 82.2 Å². The highest BCUT2D eigenvalue weighted by atomic mass is 79.9. The van der Waals surface area contributed by atoms with E-state index in [1.807, 2.05) is 12.1 Å². The number of aromatic amines is 1. The number of aryl methyl sites for hydroxylation is 1. The first-order valence-electron chi connectivity index (χ1n) is 6.00. The van der Waals surface area contributed by atoms with Crippen molar-refractivity contribution in [3.8, 4) is 0 Å². The second-order valence-electron chi connectivity index (χ2n) is 4.28. The van der Waals surface area contributed by atoms with E-state index in [9.17, 15) is 9.59 Å². The molecule has 2 aromatic rings. The van der Waals surface area contributed by atoms with E-state index in [1.165, 1.54) is 0 Å². The Morgan fingerprint density at radius 2 is 1.95 bits per heavy atom. The number of aromatic nitrogens is 1. The fourth-order valence-electron chi connectivity index (χ4n) is 1.70. The highest BCUT2D eigenvalue weighted by Crippen LogP contribution is 2.14. The van der Waals surface area contributed by atoms with Crippen molar-refractivity contribution in [3.05, 3.63) is 52.3 Å². The summed E-state index contributed by atoms with van der Waals surface area (Å²) < 4.78 is 0.812. The van der Waals surface area contributed by atoms with E-state index in [0.29, 0.717) is 17.8 Å². The zero-order chi connectivity index (χ0) is 14.5. The Morgan fingerprint density at radius 1 is 1.25 bits per heavy atom. The molecule has 0 bridgehead atoms. The Balaban J connectivity index is 1.96. The second-order valence-corrected chi connectivity index (χ2v) is 5.19. The Hall–Kier alpha value is -2.08. The van der Waals surface area contributed by atoms with Crippen LogP contribution in [0.25, 0.3) is 0 Å². The molecule has 3 N–H and O–H groups in total. The van der Waals surface area contributed by atoms with Crippen molar-refractivity contribution >= 4 is 33.5 Å². The molecule has 1 heterocycles. The van der Waals surface area contributed by atoms with Crippen LogP contribution in [0.2, 0.25) is 0 Å². The lowest BCUT2D eigenvalue weighted by atomic mass is 10.1. The van der Waals surface area contributed by atoms with Crippen molar-refractivity contribution in [2.24, 2.45) is 0 Å². The molecule has 104 valence electrons. The number of nitrogens with one attached hydrogen (secondary N) is 2. The van der Waals surface area contributed by atoms with Crippen LogP contribution >= 0.6 is 15.9 Å². The number of rotatable bonds is 5. The van der Waals surface area contributed by atoms with E-state index in [2.05, 4.69) is 26.2 Å². The van der Waals surface area contributed by atoms with E-state index >= 15 is 0 Å². The van der Waals surface area contributed by atoms with Crippen LogP contribution in [-0.4, -0.2) is 22.0 Å². The quantitative estimate of drug-likeness (QED) is 0.784. The van der Waals surface area contributed by atoms with Gasteiger partial charge < -0.3 is 15.4 Å². The van der Waals surface area contributed by atoms with Gasteiger partial charge in [-0.2, -0.15) is 0 Å². The molecule has 0 spiro atoms. The van der Waals surface area contributed by atoms with Crippen LogP contribution in [0.15, 0.2) is 41.0 Å². The first-order chi connectivity index (χ1) is 9.54. The molecule has 1 aromatic heterocycles. The molecule has 6 heteroatoms. The van der Waals surface area contributed by atoms with Gasteiger partial charge in [0.1, 0.15) is 5.69 Å². The predicted molar refractivity (Wildman–Crippen MR) is 78.8 cm³/mol. The standard InChI is InChI=1S/C14H13BrN2O3/c15-10-7-12(16-8-10)14(20)17-11-4-1-9(2-5-11)3-6-13(18)19/h1-2,4-5,7-8,16H,3,6H2,(H,17,20)(H,18,19). The lowest BCUT2D eigenvalue weighted by Crippen LogP contribution is -2.12. The predicted octanol–water partition coefficient (Wildman–Crippen LogP) is 3.05. The third-order valence-electron chi connectivity index (χ3n) is 2.73. The van der Waals surface area contributed by atoms with Crippen LogP contribution in [0.5, 0.6) is 0 Å². The highest BCUT2D eigenvalue weighted by Gasteiger charge is 2.08. The number of hydrogen-bond donors (Lipinski definition) is 3. The van der Waals surface area contributed by atoms with Gasteiger partial charge in [-0.1, -0.05) is 12.1 Å². The summed E-state index contributed by atoms with van der Waals surface area (Å²) in [5.74, 6) is -1.05. The lowest BCUT2D eigenvalue weighted by molar-refractivity contribution is -0.136. The minimum atomic E-state index is -0.820. The van der Waals surface area contributed by atoms with E-state index < -0.39 is 5.97 Å². The molecule has 0 aliphatic rings. The second kappa shape index (κ2) is 6.38. The fraction of sp³-hybridized carbons (Fsp3) is 0.143. The van der Waals surface area contributed by atoms with Crippen molar-refractivity contribution in [2.45, 2.75) is 12.8 Å². The first kappa shape index (κ1) is 14.3. The van der Waals surface area contributed by atoms with Crippen LogP contribution in [0.4, 0.5) is 5.69 Å². The summed E-state index contributed by atoms with van der Waals surface area (Å²) in [6, 6.07) is 8.82. The molecule has 0 saturated heterocycles. The Morgan fingerprint density at radius 3 is 2.50 bits per heavy atom. The largest absolute Gasteiger partial charge is 0.481 e. The van der Waals surface area contributed by atoms with Crippen molar-refractivity contribution in [1.82, 2.24) is 4.98 Å². The molecule has 20 heavy (non-hydrogen) atoms. The van der Waals surface area contributed by atoms with Crippen LogP contribution < -0.4 is 5.32 Å². The summed E-state index contributed by atoms with van der Waals surface area (Å²) in [6.07, 6.45) is 2.26. The molecule has 0 radical (unpaired) electrons. The molecule has 2 rings (SSSR count). The maximum atomic E-state index is 11.9. The number of H-pyrrole nitrogens is 1. The zero-order valence-corrected chi connectivity index (χ0v) is 12.1. The normalized spacial score (nSPS) is 10.2. The van der Waals surface area contributed by atoms with Gasteiger partial charge in [-0.3, -0.25) is 9.59 Å². The van der Waals surface area contributed by atoms with Gasteiger partial charge in [-0.25, -0.2) is 0 Å². The summed E-state index contributed by atoms with van der Waals surface area (Å²) in [4.78, 5) is 25.2. The lowest BCUT2D eigenvalue weighted by Gasteiger charge is -2.05. The number of benzene rings is 1. The average Bonchev–Trinajstić information content (AvgIpc) is 2.85. The van der Waals surface area contributed by atoms with Gasteiger partial charge in [-0.05, 0) is 46.1 Å². The molecule has 0 saturated carbocycles. The summed E-state index contributed by atoms with van der Waals surface area (Å²) in [6.45, 7) is 0. The van der Waals surface area contributed by atoms with Crippen molar-refractivity contribution in [3.63, 3.8) is 0 Å². The van der Waals surface area contributed by atoms with Crippen LogP contribution in [0.1, 0.15) is 22.5 Å². The third kappa shape index (κ3) is 3.96. The number of aliphatic carboxylic acids is 1. The van der Waals surface area contributed by atoms with Crippen LogP contribution in [0.3, 0.4) is 0 Å². The number of hydrogen-bond acceptors (Lipinski definition) is 2. The first-order valence-corrected chi connectivity index (χ1v) is 6.80. The molecule has 0 unspecified atom stereocenters. The van der Waals surface area contributed by atoms with Gasteiger partial charge in [0.25, 0.3) is 5.91 Å². The molecule has 0 fully saturated rings. The molecule has 1 aromatic carbocycles. The summed E-state index contributed by atoms with van der Waals surface area (Å²) in [7, 11) is 0. The SMILES string of the molecule is O=C(O)CCc1ccc(NC(=O)c2cc(Br)c[nH]2)cc1. The molecule has 0 atom stereocenters. The van der Waals surface area contributed by atoms with E-state index in [0.717, 1.165) is 10.0 Å². The number of amides is 1. The maximum Gasteiger partial charge on any atom is 0.303 e. The molecule has 0 aliphatic heterocycles. The van der Waals surface area contributed by atoms with Crippen molar-refractivity contribution < 1.29 is 14.7 Å². The van der Waals surface area contributed by atoms with Crippen LogP contribution in [-0.2, 0) is 11.2 Å². The van der Waals surface area contributed by atoms with Gasteiger partial charge in [0.2, 0.25) is 0 Å². The molecule has 5 nitrogen and oxygen atoms in total. The van der Waals surface area contributed by atoms with Gasteiger partial charge in [0, 0.05) is 22.8 Å². The summed E-state index contributed by atoms with van der Waals surface area (Å²) in [5, 5.41) is 11.4. The minimum Gasteiger partial charge on any atom is -0.481 e. The number of halogens is 1. The fourth-order valence-corrected chi connectivity index (χ4v) is 2.05. The Bertz CT molecular complexity index is 620. The number of carbonyl (C=O) groups is 2. The summed E-state index contributed by atoms with van der Waals surface area (Å²) >= 11 is 3.27. The van der Waals surface area contributed by atoms with Gasteiger partial charge >= 0.3 is 5.97 Å². The molecule has 0 aliphatic carbocycles. The Labute approximate surface area is 124 Å². The van der Waals surface area contributed by atoms with Gasteiger partial charge in [0.15, 0.2) is 0 Å². The average molecular weight is 337 g/mol. The monoisotopic (exact) mass is 336 g/mol. The van der Waals surface area contributed by atoms with Gasteiger partial charge in [0.05, 0.1) is 0 Å². The third-order valence-corrected chi connectivity index (χ3v) is 3.19. The summed E-state index contributed by atoms with van der Waals surface area (Å²) in [5.41, 5.74) is 2.06. The number of anilines is 1. The van der Waals surface area contributed by atoms with Gasteiger partial charge in [-0.15, -0.1) is 0 Å². The molecular weight excluding hydrogens is 324 g/mol. The van der Waals surface area contributed by atoms with E-state index in [-0.39, 0.29) is 12.3 Å². The van der Waals surface area contributed by atoms with Crippen LogP contribution in [0, 0.1) is 0 Å². The number of carbonyl (C=O) groups excluding carboxylic acids is 1. The smallest absolute Gasteiger partial charge is 0.303 e. The van der Waals surface area contributed by atoms with E-state index in [1.54, 1.807) is 24.4 Å². The maximum absolute atomic E-state index is 11.9. The molecule has 1 amide bonds. The Kier molecular flexibility index (Phi) is 4.57. The number of carboxylic acids is 1. The minimum absolute atomic E-state index is 0.0994. The van der Waals surface area contributed by atoms with E-state index in [4.69, 9.17) is 5.11 Å². The number of carboxylic acid groups (broad SMARTS) is 1. The molecular formula is C14H13BrN2O3. The van der Waals surface area contributed by atoms with Crippen molar-refractivity contribution in [2.75, 3.05) is 5.32 Å². The highest BCUT2D eigenvalue weighted by molar-refractivity contribution is 9.10. The van der Waals surface area contributed by atoms with Crippen molar-refractivity contribution in [1.29, 1.82) is 0 Å². The zero-order valence-electron chi connectivity index (χ0n) is 10.5.